The molecule has 9 heteroatoms. The summed E-state index contributed by atoms with van der Waals surface area (Å²) in [5.41, 5.74) is 1.96. The highest BCUT2D eigenvalue weighted by Gasteiger charge is 2.24. The lowest BCUT2D eigenvalue weighted by Crippen LogP contribution is -2.28. The minimum Gasteiger partial charge on any atom is -0.339 e. The monoisotopic (exact) mass is 493 g/mol. The quantitative estimate of drug-likeness (QED) is 0.690. The van der Waals surface area contributed by atoms with E-state index in [4.69, 9.17) is 0 Å². The van der Waals surface area contributed by atoms with Crippen molar-refractivity contribution in [2.45, 2.75) is 24.7 Å². The number of anilines is 1. The second-order valence-electron chi connectivity index (χ2n) is 7.36. The van der Waals surface area contributed by atoms with Crippen LogP contribution in [0.4, 0.5) is 5.69 Å². The van der Waals surface area contributed by atoms with E-state index in [-0.39, 0.29) is 16.4 Å². The number of likely N-dealkylation sites (tertiary alicyclic amines) is 1. The highest BCUT2D eigenvalue weighted by molar-refractivity contribution is 9.10. The molecule has 0 spiro atoms. The number of nitrogens with one attached hydrogen (secondary N) is 1. The molecule has 1 fully saturated rings. The van der Waals surface area contributed by atoms with Gasteiger partial charge in [0, 0.05) is 48.5 Å². The molecule has 1 N–H and O–H groups in total. The average Bonchev–Trinajstić information content (AvgIpc) is 3.24. The van der Waals surface area contributed by atoms with Crippen LogP contribution in [0.25, 0.3) is 0 Å². The number of benzene rings is 2. The van der Waals surface area contributed by atoms with Crippen LogP contribution >= 0.6 is 15.9 Å². The van der Waals surface area contributed by atoms with E-state index in [0.717, 1.165) is 30.2 Å². The Kier molecular flexibility index (Phi) is 6.64. The number of amides is 2. The number of sulfonamides is 1. The van der Waals surface area contributed by atoms with Crippen LogP contribution in [0.3, 0.4) is 0 Å². The van der Waals surface area contributed by atoms with Crippen LogP contribution in [0.15, 0.2) is 45.8 Å². The molecular formula is C21H24BrN3O4S. The first-order valence-electron chi connectivity index (χ1n) is 9.55. The predicted octanol–water partition coefficient (Wildman–Crippen LogP) is 3.50. The number of carbonyl (C=O) groups is 2. The molecule has 30 heavy (non-hydrogen) atoms. The Bertz CT molecular complexity index is 1090. The molecule has 0 unspecified atom stereocenters. The van der Waals surface area contributed by atoms with Crippen LogP contribution in [0.1, 0.15) is 39.1 Å². The lowest BCUT2D eigenvalue weighted by molar-refractivity contribution is 0.0791. The SMILES string of the molecule is Cc1c(NC(=O)c2ccc(Br)c(S(=O)(=O)N(C)C)c2)cccc1C(=O)N1CCCC1. The summed E-state index contributed by atoms with van der Waals surface area (Å²) in [6.07, 6.45) is 2.01. The molecule has 2 amide bonds. The minimum absolute atomic E-state index is 0.00911. The summed E-state index contributed by atoms with van der Waals surface area (Å²) in [7, 11) is -0.853. The average molecular weight is 494 g/mol. The van der Waals surface area contributed by atoms with Crippen molar-refractivity contribution in [3.8, 4) is 0 Å². The Balaban J connectivity index is 1.88. The van der Waals surface area contributed by atoms with E-state index < -0.39 is 15.9 Å². The fraction of sp³-hybridized carbons (Fsp3) is 0.333. The zero-order valence-corrected chi connectivity index (χ0v) is 19.5. The van der Waals surface area contributed by atoms with E-state index in [0.29, 0.717) is 21.3 Å². The van der Waals surface area contributed by atoms with Crippen molar-refractivity contribution >= 4 is 43.5 Å². The van der Waals surface area contributed by atoms with Gasteiger partial charge in [0.25, 0.3) is 11.8 Å². The van der Waals surface area contributed by atoms with Crippen molar-refractivity contribution in [1.82, 2.24) is 9.21 Å². The summed E-state index contributed by atoms with van der Waals surface area (Å²) in [6.45, 7) is 3.29. The summed E-state index contributed by atoms with van der Waals surface area (Å²) in [4.78, 5) is 27.4. The summed E-state index contributed by atoms with van der Waals surface area (Å²) in [6, 6.07) is 9.63. The zero-order chi connectivity index (χ0) is 22.1. The highest BCUT2D eigenvalue weighted by Crippen LogP contribution is 2.27. The molecule has 1 saturated heterocycles. The first-order valence-corrected chi connectivity index (χ1v) is 11.8. The van der Waals surface area contributed by atoms with Crippen molar-refractivity contribution < 1.29 is 18.0 Å². The second kappa shape index (κ2) is 8.87. The number of nitrogens with zero attached hydrogens (tertiary/aromatic N) is 2. The Morgan fingerprint density at radius 3 is 2.40 bits per heavy atom. The van der Waals surface area contributed by atoms with Crippen LogP contribution in [-0.2, 0) is 10.0 Å². The molecular weight excluding hydrogens is 470 g/mol. The fourth-order valence-electron chi connectivity index (χ4n) is 3.33. The molecule has 0 aliphatic carbocycles. The van der Waals surface area contributed by atoms with E-state index in [1.54, 1.807) is 31.2 Å². The third kappa shape index (κ3) is 4.43. The van der Waals surface area contributed by atoms with Gasteiger partial charge in [-0.1, -0.05) is 6.07 Å². The minimum atomic E-state index is -3.72. The van der Waals surface area contributed by atoms with E-state index in [9.17, 15) is 18.0 Å². The molecule has 0 aromatic heterocycles. The second-order valence-corrected chi connectivity index (χ2v) is 10.3. The van der Waals surface area contributed by atoms with E-state index in [1.807, 2.05) is 4.90 Å². The van der Waals surface area contributed by atoms with Crippen LogP contribution in [0, 0.1) is 6.92 Å². The van der Waals surface area contributed by atoms with Gasteiger partial charge in [0.1, 0.15) is 0 Å². The van der Waals surface area contributed by atoms with Crippen molar-refractivity contribution in [3.05, 3.63) is 57.6 Å². The van der Waals surface area contributed by atoms with Gasteiger partial charge in [-0.25, -0.2) is 12.7 Å². The van der Waals surface area contributed by atoms with E-state index >= 15 is 0 Å². The van der Waals surface area contributed by atoms with Gasteiger partial charge in [-0.15, -0.1) is 0 Å². The van der Waals surface area contributed by atoms with Crippen LogP contribution in [0.5, 0.6) is 0 Å². The summed E-state index contributed by atoms with van der Waals surface area (Å²) in [5.74, 6) is -0.490. The van der Waals surface area contributed by atoms with Crippen molar-refractivity contribution in [1.29, 1.82) is 0 Å². The van der Waals surface area contributed by atoms with Gasteiger partial charge in [-0.2, -0.15) is 0 Å². The lowest BCUT2D eigenvalue weighted by atomic mass is 10.0. The fourth-order valence-corrected chi connectivity index (χ4v) is 5.17. The number of halogens is 1. The van der Waals surface area contributed by atoms with Gasteiger partial charge in [0.2, 0.25) is 10.0 Å². The molecule has 1 aliphatic heterocycles. The lowest BCUT2D eigenvalue weighted by Gasteiger charge is -2.18. The number of carbonyl (C=O) groups excluding carboxylic acids is 2. The third-order valence-electron chi connectivity index (χ3n) is 5.16. The van der Waals surface area contributed by atoms with Crippen molar-refractivity contribution in [2.75, 3.05) is 32.5 Å². The molecule has 2 aromatic carbocycles. The van der Waals surface area contributed by atoms with E-state index in [2.05, 4.69) is 21.2 Å². The van der Waals surface area contributed by atoms with Gasteiger partial charge in [0.15, 0.2) is 0 Å². The highest BCUT2D eigenvalue weighted by atomic mass is 79.9. The van der Waals surface area contributed by atoms with Gasteiger partial charge < -0.3 is 10.2 Å². The first-order chi connectivity index (χ1) is 14.1. The number of hydrogen-bond donors (Lipinski definition) is 1. The molecule has 7 nitrogen and oxygen atoms in total. The topological polar surface area (TPSA) is 86.8 Å². The zero-order valence-electron chi connectivity index (χ0n) is 17.1. The van der Waals surface area contributed by atoms with Gasteiger partial charge in [-0.05, 0) is 71.6 Å². The van der Waals surface area contributed by atoms with Crippen LogP contribution in [-0.4, -0.2) is 56.6 Å². The molecule has 1 heterocycles. The molecule has 2 aromatic rings. The maximum atomic E-state index is 12.8. The standard InChI is InChI=1S/C21H24BrN3O4S/c1-14-16(21(27)25-11-4-5-12-25)7-6-8-18(14)23-20(26)15-9-10-17(22)19(13-15)30(28,29)24(2)3/h6-10,13H,4-5,11-12H2,1-3H3,(H,23,26). The molecule has 0 saturated carbocycles. The molecule has 1 aliphatic rings. The summed E-state index contributed by atoms with van der Waals surface area (Å²) >= 11 is 3.24. The van der Waals surface area contributed by atoms with Gasteiger partial charge in [-0.3, -0.25) is 9.59 Å². The maximum absolute atomic E-state index is 12.8. The maximum Gasteiger partial charge on any atom is 0.255 e. The third-order valence-corrected chi connectivity index (χ3v) is 7.97. The Hall–Kier alpha value is -2.23. The predicted molar refractivity (Wildman–Crippen MR) is 119 cm³/mol. The van der Waals surface area contributed by atoms with E-state index in [1.165, 1.54) is 26.2 Å². The summed E-state index contributed by atoms with van der Waals surface area (Å²) in [5, 5.41) is 2.81. The molecule has 0 bridgehead atoms. The normalized spacial score (nSPS) is 14.2. The molecule has 160 valence electrons. The number of rotatable bonds is 5. The van der Waals surface area contributed by atoms with Crippen molar-refractivity contribution in [2.24, 2.45) is 0 Å². The van der Waals surface area contributed by atoms with Crippen LogP contribution in [0.2, 0.25) is 0 Å². The van der Waals surface area contributed by atoms with Gasteiger partial charge in [0.05, 0.1) is 4.90 Å². The van der Waals surface area contributed by atoms with Crippen molar-refractivity contribution in [3.63, 3.8) is 0 Å². The molecule has 3 rings (SSSR count). The van der Waals surface area contributed by atoms with Gasteiger partial charge >= 0.3 is 0 Å². The smallest absolute Gasteiger partial charge is 0.255 e. The Labute approximate surface area is 185 Å². The largest absolute Gasteiger partial charge is 0.339 e. The Morgan fingerprint density at radius 2 is 1.77 bits per heavy atom. The summed E-state index contributed by atoms with van der Waals surface area (Å²) < 4.78 is 26.5. The molecule has 0 atom stereocenters. The first kappa shape index (κ1) is 22.5. The number of hydrogen-bond acceptors (Lipinski definition) is 4. The Morgan fingerprint density at radius 1 is 1.10 bits per heavy atom. The molecule has 0 radical (unpaired) electrons. The van der Waals surface area contributed by atoms with Crippen LogP contribution < -0.4 is 5.32 Å².